The van der Waals surface area contributed by atoms with Gasteiger partial charge in [0, 0.05) is 30.1 Å². The number of benzene rings is 1. The van der Waals surface area contributed by atoms with E-state index in [0.717, 1.165) is 6.42 Å². The average molecular weight is 381 g/mol. The summed E-state index contributed by atoms with van der Waals surface area (Å²) in [6, 6.07) is 6.85. The number of likely N-dealkylation sites (N-methyl/N-ethyl adjacent to an activating group) is 1. The Bertz CT molecular complexity index is 865. The van der Waals surface area contributed by atoms with Crippen LogP contribution in [0.15, 0.2) is 60.6 Å². The molecule has 2 aliphatic carbocycles. The number of anilines is 1. The highest BCUT2D eigenvalue weighted by atomic mass is 16.5. The molecule has 0 aromatic heterocycles. The number of fused-ring (bicyclic) bond motifs is 2. The normalized spacial score (nSPS) is 19.5. The molecular formula is C22H23NO5. The van der Waals surface area contributed by atoms with Gasteiger partial charge in [-0.1, -0.05) is 18.7 Å². The lowest BCUT2D eigenvalue weighted by molar-refractivity contribution is -0.140. The number of allylic oxidation sites excluding steroid dienone is 2. The monoisotopic (exact) mass is 381 g/mol. The van der Waals surface area contributed by atoms with E-state index in [0.29, 0.717) is 22.6 Å². The van der Waals surface area contributed by atoms with E-state index >= 15 is 0 Å². The molecule has 146 valence electrons. The van der Waals surface area contributed by atoms with Crippen molar-refractivity contribution in [3.8, 4) is 0 Å². The highest BCUT2D eigenvalue weighted by Gasteiger charge is 2.42. The van der Waals surface area contributed by atoms with E-state index in [1.54, 1.807) is 31.3 Å². The fourth-order valence-corrected chi connectivity index (χ4v) is 3.50. The van der Waals surface area contributed by atoms with Gasteiger partial charge in [-0.15, -0.1) is 0 Å². The third-order valence-electron chi connectivity index (χ3n) is 5.02. The first kappa shape index (κ1) is 19.6. The molecule has 0 saturated carbocycles. The minimum Gasteiger partial charge on any atom is -0.501 e. The number of ketones is 1. The fourth-order valence-electron chi connectivity index (χ4n) is 3.50. The first-order valence-corrected chi connectivity index (χ1v) is 9.17. The number of hydrogen-bond donors (Lipinski definition) is 0. The summed E-state index contributed by atoms with van der Waals surface area (Å²) in [4.78, 5) is 38.2. The zero-order valence-corrected chi connectivity index (χ0v) is 16.0. The van der Waals surface area contributed by atoms with Crippen LogP contribution >= 0.6 is 0 Å². The smallest absolute Gasteiger partial charge is 0.314 e. The summed E-state index contributed by atoms with van der Waals surface area (Å²) in [6.45, 7) is 5.11. The lowest BCUT2D eigenvalue weighted by atomic mass is 10.0. The lowest BCUT2D eigenvalue weighted by Crippen LogP contribution is -2.30. The third-order valence-corrected chi connectivity index (χ3v) is 5.02. The van der Waals surface area contributed by atoms with Gasteiger partial charge in [-0.05, 0) is 37.6 Å². The number of nitrogens with zero attached hydrogens (tertiary/aromatic N) is 1. The van der Waals surface area contributed by atoms with Gasteiger partial charge in [0.15, 0.2) is 5.78 Å². The highest BCUT2D eigenvalue weighted by Crippen LogP contribution is 2.45. The minimum absolute atomic E-state index is 0.0314. The van der Waals surface area contributed by atoms with Crippen molar-refractivity contribution < 1.29 is 23.9 Å². The van der Waals surface area contributed by atoms with Gasteiger partial charge in [-0.3, -0.25) is 14.4 Å². The Morgan fingerprint density at radius 3 is 2.50 bits per heavy atom. The van der Waals surface area contributed by atoms with Crippen molar-refractivity contribution in [3.05, 3.63) is 66.2 Å². The van der Waals surface area contributed by atoms with Crippen LogP contribution in [0.25, 0.3) is 0 Å². The second-order valence-corrected chi connectivity index (χ2v) is 6.84. The summed E-state index contributed by atoms with van der Waals surface area (Å²) >= 11 is 0. The second kappa shape index (κ2) is 8.25. The molecule has 2 aliphatic rings. The summed E-state index contributed by atoms with van der Waals surface area (Å²) in [7, 11) is 1.67. The molecule has 2 unspecified atom stereocenters. The maximum atomic E-state index is 13.1. The maximum absolute atomic E-state index is 13.1. The standard InChI is InChI=1S/C22H23NO5/c1-4-27-12-11-19(25)28-21-17-6-5-16(13-17)20(21)22(26)23(3)18-9-7-15(8-10-18)14(2)24/h4-10,16-17H,1,11-13H2,2-3H3. The minimum atomic E-state index is -0.434. The Morgan fingerprint density at radius 2 is 1.86 bits per heavy atom. The molecule has 6 nitrogen and oxygen atoms in total. The van der Waals surface area contributed by atoms with Gasteiger partial charge in [0.25, 0.3) is 5.91 Å². The molecule has 0 aliphatic heterocycles. The molecule has 0 fully saturated rings. The van der Waals surface area contributed by atoms with Crippen molar-refractivity contribution in [1.29, 1.82) is 0 Å². The van der Waals surface area contributed by atoms with E-state index in [1.807, 2.05) is 12.2 Å². The summed E-state index contributed by atoms with van der Waals surface area (Å²) in [5.41, 5.74) is 1.77. The number of carbonyl (C=O) groups is 3. The lowest BCUT2D eigenvalue weighted by Gasteiger charge is -2.22. The van der Waals surface area contributed by atoms with Gasteiger partial charge in [0.2, 0.25) is 0 Å². The van der Waals surface area contributed by atoms with Crippen LogP contribution in [0, 0.1) is 11.8 Å². The van der Waals surface area contributed by atoms with Gasteiger partial charge in [0.05, 0.1) is 24.9 Å². The topological polar surface area (TPSA) is 72.9 Å². The first-order chi connectivity index (χ1) is 13.4. The Balaban J connectivity index is 1.78. The van der Waals surface area contributed by atoms with Gasteiger partial charge in [-0.25, -0.2) is 0 Å². The fraction of sp³-hybridized carbons (Fsp3) is 0.318. The zero-order valence-electron chi connectivity index (χ0n) is 16.0. The highest BCUT2D eigenvalue weighted by molar-refractivity contribution is 6.07. The van der Waals surface area contributed by atoms with Crippen molar-refractivity contribution >= 4 is 23.3 Å². The maximum Gasteiger partial charge on any atom is 0.314 e. The Kier molecular flexibility index (Phi) is 5.78. The average Bonchev–Trinajstić information content (AvgIpc) is 3.29. The summed E-state index contributed by atoms with van der Waals surface area (Å²) < 4.78 is 10.5. The molecule has 2 bridgehead atoms. The molecule has 0 spiro atoms. The Labute approximate surface area is 164 Å². The van der Waals surface area contributed by atoms with Gasteiger partial charge in [0.1, 0.15) is 5.76 Å². The zero-order chi connectivity index (χ0) is 20.3. The van der Waals surface area contributed by atoms with Crippen LogP contribution in [0.4, 0.5) is 5.69 Å². The van der Waals surface area contributed by atoms with Crippen molar-refractivity contribution in [2.75, 3.05) is 18.6 Å². The molecule has 1 aromatic carbocycles. The summed E-state index contributed by atoms with van der Waals surface area (Å²) in [6.07, 6.45) is 6.06. The molecule has 0 saturated heterocycles. The Morgan fingerprint density at radius 1 is 1.18 bits per heavy atom. The van der Waals surface area contributed by atoms with Gasteiger partial charge >= 0.3 is 5.97 Å². The van der Waals surface area contributed by atoms with Crippen LogP contribution in [0.3, 0.4) is 0 Å². The SMILES string of the molecule is C=COCCC(=O)OC1=C(C(=O)N(C)c2ccc(C(C)=O)cc2)C2C=CC1C2. The number of esters is 1. The van der Waals surface area contributed by atoms with E-state index in [-0.39, 0.29) is 36.6 Å². The molecule has 28 heavy (non-hydrogen) atoms. The number of Topliss-reactive ketones (excluding diaryl/α,β-unsaturated/α-hetero) is 1. The molecule has 3 rings (SSSR count). The van der Waals surface area contributed by atoms with Crippen molar-refractivity contribution in [1.82, 2.24) is 0 Å². The largest absolute Gasteiger partial charge is 0.501 e. The van der Waals surface area contributed by atoms with Crippen LogP contribution in [-0.2, 0) is 19.1 Å². The van der Waals surface area contributed by atoms with Crippen LogP contribution in [0.2, 0.25) is 0 Å². The number of hydrogen-bond acceptors (Lipinski definition) is 5. The van der Waals surface area contributed by atoms with E-state index < -0.39 is 5.97 Å². The quantitative estimate of drug-likeness (QED) is 0.227. The van der Waals surface area contributed by atoms with Gasteiger partial charge < -0.3 is 14.4 Å². The summed E-state index contributed by atoms with van der Waals surface area (Å²) in [5, 5.41) is 0. The third kappa shape index (κ3) is 3.91. The van der Waals surface area contributed by atoms with Crippen molar-refractivity contribution in [2.45, 2.75) is 19.8 Å². The van der Waals surface area contributed by atoms with E-state index in [9.17, 15) is 14.4 Å². The molecular weight excluding hydrogens is 358 g/mol. The molecule has 1 aromatic rings. The van der Waals surface area contributed by atoms with Crippen LogP contribution < -0.4 is 4.90 Å². The van der Waals surface area contributed by atoms with E-state index in [2.05, 4.69) is 6.58 Å². The number of rotatable bonds is 8. The molecule has 0 heterocycles. The molecule has 0 radical (unpaired) electrons. The van der Waals surface area contributed by atoms with Crippen LogP contribution in [0.5, 0.6) is 0 Å². The predicted octanol–water partition coefficient (Wildman–Crippen LogP) is 3.41. The van der Waals surface area contributed by atoms with Crippen molar-refractivity contribution in [3.63, 3.8) is 0 Å². The molecule has 2 atom stereocenters. The van der Waals surface area contributed by atoms with Gasteiger partial charge in [-0.2, -0.15) is 0 Å². The van der Waals surface area contributed by atoms with E-state index in [1.165, 1.54) is 18.1 Å². The van der Waals surface area contributed by atoms with Crippen LogP contribution in [-0.4, -0.2) is 31.3 Å². The van der Waals surface area contributed by atoms with Crippen molar-refractivity contribution in [2.24, 2.45) is 11.8 Å². The second-order valence-electron chi connectivity index (χ2n) is 6.84. The molecule has 0 N–H and O–H groups in total. The van der Waals surface area contributed by atoms with E-state index in [4.69, 9.17) is 9.47 Å². The molecule has 6 heteroatoms. The number of ether oxygens (including phenoxy) is 2. The number of carbonyl (C=O) groups excluding carboxylic acids is 3. The predicted molar refractivity (Wildman–Crippen MR) is 104 cm³/mol. The number of amides is 1. The first-order valence-electron chi connectivity index (χ1n) is 9.17. The summed E-state index contributed by atoms with van der Waals surface area (Å²) in [5.74, 6) is -0.344. The Hall–Kier alpha value is -3.15. The van der Waals surface area contributed by atoms with Crippen LogP contribution in [0.1, 0.15) is 30.1 Å². The molecule has 1 amide bonds.